The molecule has 0 spiro atoms. The van der Waals surface area contributed by atoms with Gasteiger partial charge in [0, 0.05) is 12.3 Å². The summed E-state index contributed by atoms with van der Waals surface area (Å²) >= 11 is 0. The number of nitrogens with two attached hydrogens (primary N) is 1. The lowest BCUT2D eigenvalue weighted by molar-refractivity contribution is 0.468. The molecule has 0 aliphatic carbocycles. The van der Waals surface area contributed by atoms with Crippen LogP contribution in [0.25, 0.3) is 0 Å². The molecule has 0 amide bonds. The molecule has 2 N–H and O–H groups in total. The summed E-state index contributed by atoms with van der Waals surface area (Å²) in [7, 11) is 3.96. The van der Waals surface area contributed by atoms with Crippen LogP contribution in [-0.4, -0.2) is 31.3 Å². The molecule has 0 aromatic rings. The second-order valence-corrected chi connectivity index (χ2v) is 2.10. The van der Waals surface area contributed by atoms with Crippen LogP contribution in [0.1, 0.15) is 6.92 Å². The van der Waals surface area contributed by atoms with E-state index in [2.05, 4.69) is 5.10 Å². The Hall–Kier alpha value is -0.570. The molecule has 0 heterocycles. The normalized spacial score (nSPS) is 12.8. The van der Waals surface area contributed by atoms with Gasteiger partial charge in [0.2, 0.25) is 0 Å². The number of rotatable bonds is 2. The maximum atomic E-state index is 4.98. The minimum absolute atomic E-state index is 0.844. The smallest absolute Gasteiger partial charge is 0.0484 e. The molecule has 0 aromatic carbocycles. The first-order valence-electron chi connectivity index (χ1n) is 2.55. The lowest BCUT2D eigenvalue weighted by Crippen LogP contribution is -2.20. The molecule has 0 bridgehead atoms. The van der Waals surface area contributed by atoms with Gasteiger partial charge >= 0.3 is 0 Å². The predicted octanol–water partition coefficient (Wildman–Crippen LogP) is -0.117. The Balaban J connectivity index is 3.39. The topological polar surface area (TPSA) is 41.6 Å². The molecule has 0 radical (unpaired) electrons. The molecule has 0 rings (SSSR count). The van der Waals surface area contributed by atoms with Crippen molar-refractivity contribution in [2.45, 2.75) is 6.92 Å². The fourth-order valence-electron chi connectivity index (χ4n) is 0.498. The van der Waals surface area contributed by atoms with E-state index in [0.29, 0.717) is 0 Å². The highest BCUT2D eigenvalue weighted by Gasteiger charge is 1.90. The lowest BCUT2D eigenvalue weighted by Gasteiger charge is -2.06. The second-order valence-electron chi connectivity index (χ2n) is 2.10. The zero-order valence-electron chi connectivity index (χ0n) is 5.68. The SMILES string of the molecule is C/C(CN(C)C)=N\N. The largest absolute Gasteiger partial charge is 0.323 e. The van der Waals surface area contributed by atoms with Crippen molar-refractivity contribution in [3.05, 3.63) is 0 Å². The third kappa shape index (κ3) is 3.61. The van der Waals surface area contributed by atoms with Gasteiger partial charge in [0.05, 0.1) is 0 Å². The van der Waals surface area contributed by atoms with Gasteiger partial charge in [-0.05, 0) is 21.0 Å². The van der Waals surface area contributed by atoms with Crippen molar-refractivity contribution < 1.29 is 0 Å². The Morgan fingerprint density at radius 3 is 2.25 bits per heavy atom. The predicted molar refractivity (Wildman–Crippen MR) is 35.9 cm³/mol. The summed E-state index contributed by atoms with van der Waals surface area (Å²) in [5.41, 5.74) is 0.954. The Bertz CT molecular complexity index is 85.7. The quantitative estimate of drug-likeness (QED) is 0.310. The van der Waals surface area contributed by atoms with Gasteiger partial charge in [-0.3, -0.25) is 0 Å². The van der Waals surface area contributed by atoms with Gasteiger partial charge in [0.15, 0.2) is 0 Å². The molecule has 8 heavy (non-hydrogen) atoms. The van der Waals surface area contributed by atoms with E-state index in [1.54, 1.807) is 0 Å². The van der Waals surface area contributed by atoms with Gasteiger partial charge in [0.25, 0.3) is 0 Å². The van der Waals surface area contributed by atoms with Crippen LogP contribution in [0, 0.1) is 0 Å². The molecule has 3 heteroatoms. The molecule has 3 nitrogen and oxygen atoms in total. The third-order valence-corrected chi connectivity index (χ3v) is 0.765. The van der Waals surface area contributed by atoms with Crippen LogP contribution in [0.3, 0.4) is 0 Å². The van der Waals surface area contributed by atoms with Gasteiger partial charge in [0.1, 0.15) is 0 Å². The minimum Gasteiger partial charge on any atom is -0.323 e. The van der Waals surface area contributed by atoms with Crippen LogP contribution in [0.4, 0.5) is 0 Å². The van der Waals surface area contributed by atoms with Crippen LogP contribution in [0.2, 0.25) is 0 Å². The average molecular weight is 115 g/mol. The Morgan fingerprint density at radius 2 is 2.12 bits per heavy atom. The minimum atomic E-state index is 0.844. The van der Waals surface area contributed by atoms with Crippen LogP contribution < -0.4 is 5.84 Å². The second kappa shape index (κ2) is 3.43. The van der Waals surface area contributed by atoms with Gasteiger partial charge < -0.3 is 10.7 Å². The van der Waals surface area contributed by atoms with E-state index in [1.165, 1.54) is 0 Å². The molecule has 48 valence electrons. The summed E-state index contributed by atoms with van der Waals surface area (Å²) < 4.78 is 0. The Morgan fingerprint density at radius 1 is 1.62 bits per heavy atom. The fourth-order valence-corrected chi connectivity index (χ4v) is 0.498. The monoisotopic (exact) mass is 115 g/mol. The summed E-state index contributed by atoms with van der Waals surface area (Å²) in [6.07, 6.45) is 0. The maximum Gasteiger partial charge on any atom is 0.0484 e. The standard InChI is InChI=1S/C5H13N3/c1-5(7-6)4-8(2)3/h4,6H2,1-3H3/b7-5+. The molecule has 0 saturated carbocycles. The highest BCUT2D eigenvalue weighted by Crippen LogP contribution is 1.76. The van der Waals surface area contributed by atoms with Crippen LogP contribution >= 0.6 is 0 Å². The average Bonchev–Trinajstić information content (AvgIpc) is 1.65. The van der Waals surface area contributed by atoms with E-state index < -0.39 is 0 Å². The van der Waals surface area contributed by atoms with Crippen LogP contribution in [-0.2, 0) is 0 Å². The molecule has 0 unspecified atom stereocenters. The summed E-state index contributed by atoms with van der Waals surface area (Å²) in [6.45, 7) is 2.75. The number of hydrogen-bond donors (Lipinski definition) is 1. The molecular formula is C5H13N3. The van der Waals surface area contributed by atoms with E-state index in [9.17, 15) is 0 Å². The molecule has 0 aliphatic rings. The van der Waals surface area contributed by atoms with Gasteiger partial charge in [-0.2, -0.15) is 5.10 Å². The molecule has 0 aromatic heterocycles. The van der Waals surface area contributed by atoms with Gasteiger partial charge in [-0.15, -0.1) is 0 Å². The van der Waals surface area contributed by atoms with Crippen molar-refractivity contribution in [1.29, 1.82) is 0 Å². The highest BCUT2D eigenvalue weighted by molar-refractivity contribution is 5.83. The van der Waals surface area contributed by atoms with Crippen LogP contribution in [0.15, 0.2) is 5.10 Å². The number of nitrogens with zero attached hydrogens (tertiary/aromatic N) is 2. The van der Waals surface area contributed by atoms with E-state index >= 15 is 0 Å². The fraction of sp³-hybridized carbons (Fsp3) is 0.800. The molecule has 0 atom stereocenters. The van der Waals surface area contributed by atoms with Gasteiger partial charge in [-0.1, -0.05) is 0 Å². The molecule has 0 aliphatic heterocycles. The van der Waals surface area contributed by atoms with E-state index in [1.807, 2.05) is 25.9 Å². The number of hydrogen-bond acceptors (Lipinski definition) is 3. The molecule has 0 saturated heterocycles. The summed E-state index contributed by atoms with van der Waals surface area (Å²) in [6, 6.07) is 0. The lowest BCUT2D eigenvalue weighted by atomic mass is 10.4. The zero-order valence-corrected chi connectivity index (χ0v) is 5.68. The van der Waals surface area contributed by atoms with Crippen molar-refractivity contribution in [3.63, 3.8) is 0 Å². The summed E-state index contributed by atoms with van der Waals surface area (Å²) in [5.74, 6) is 4.98. The van der Waals surface area contributed by atoms with E-state index in [0.717, 1.165) is 12.3 Å². The van der Waals surface area contributed by atoms with Gasteiger partial charge in [-0.25, -0.2) is 0 Å². The molecule has 0 fully saturated rings. The van der Waals surface area contributed by atoms with E-state index in [-0.39, 0.29) is 0 Å². The Kier molecular flexibility index (Phi) is 3.19. The first-order chi connectivity index (χ1) is 3.66. The van der Waals surface area contributed by atoms with Crippen molar-refractivity contribution in [1.82, 2.24) is 4.90 Å². The first-order valence-corrected chi connectivity index (χ1v) is 2.55. The van der Waals surface area contributed by atoms with E-state index in [4.69, 9.17) is 5.84 Å². The number of hydrazone groups is 1. The third-order valence-electron chi connectivity index (χ3n) is 0.765. The molecular weight excluding hydrogens is 102 g/mol. The summed E-state index contributed by atoms with van der Waals surface area (Å²) in [5, 5.41) is 3.50. The maximum absolute atomic E-state index is 4.98. The van der Waals surface area contributed by atoms with Crippen molar-refractivity contribution in [2.24, 2.45) is 10.9 Å². The van der Waals surface area contributed by atoms with Crippen molar-refractivity contribution in [2.75, 3.05) is 20.6 Å². The van der Waals surface area contributed by atoms with Crippen molar-refractivity contribution >= 4 is 5.71 Å². The van der Waals surface area contributed by atoms with Crippen molar-refractivity contribution in [3.8, 4) is 0 Å². The van der Waals surface area contributed by atoms with Crippen LogP contribution in [0.5, 0.6) is 0 Å². The first kappa shape index (κ1) is 7.43. The summed E-state index contributed by atoms with van der Waals surface area (Å²) in [4.78, 5) is 2.02. The highest BCUT2D eigenvalue weighted by atomic mass is 15.1. The zero-order chi connectivity index (χ0) is 6.57. The Labute approximate surface area is 50.2 Å².